The lowest BCUT2D eigenvalue weighted by atomic mass is 10.1. The molecular formula is C27H42F2O4. The molecule has 0 saturated carbocycles. The maximum absolute atomic E-state index is 13.1. The van der Waals surface area contributed by atoms with E-state index in [1.54, 1.807) is 0 Å². The molecule has 0 aromatic heterocycles. The molecule has 0 aliphatic heterocycles. The molecule has 6 heteroatoms. The molecule has 0 atom stereocenters. The summed E-state index contributed by atoms with van der Waals surface area (Å²) in [6.45, 7) is 2.77. The second kappa shape index (κ2) is 19.5. The number of ether oxygens (including phenoxy) is 2. The average molecular weight is 469 g/mol. The third-order valence-electron chi connectivity index (χ3n) is 5.59. The van der Waals surface area contributed by atoms with Gasteiger partial charge in [0.2, 0.25) is 0 Å². The van der Waals surface area contributed by atoms with Gasteiger partial charge in [0, 0.05) is 31.0 Å². The van der Waals surface area contributed by atoms with Crippen LogP contribution in [0.5, 0.6) is 5.75 Å². The molecule has 0 amide bonds. The minimum absolute atomic E-state index is 0.105. The van der Waals surface area contributed by atoms with Gasteiger partial charge in [-0.2, -0.15) is 0 Å². The maximum atomic E-state index is 13.1. The van der Waals surface area contributed by atoms with Crippen LogP contribution in [0, 0.1) is 11.6 Å². The fourth-order valence-corrected chi connectivity index (χ4v) is 3.69. The van der Waals surface area contributed by atoms with Crippen LogP contribution in [-0.4, -0.2) is 18.5 Å². The quantitative estimate of drug-likeness (QED) is 0.110. The zero-order valence-electron chi connectivity index (χ0n) is 20.3. The summed E-state index contributed by atoms with van der Waals surface area (Å²) in [6, 6.07) is 2.71. The highest BCUT2D eigenvalue weighted by Gasteiger charge is 2.08. The van der Waals surface area contributed by atoms with Gasteiger partial charge in [-0.15, -0.1) is 0 Å². The minimum atomic E-state index is -0.773. The lowest BCUT2D eigenvalue weighted by Crippen LogP contribution is -2.08. The van der Waals surface area contributed by atoms with Gasteiger partial charge in [0.15, 0.2) is 0 Å². The number of carbonyl (C=O) groups excluding carboxylic acids is 2. The van der Waals surface area contributed by atoms with E-state index >= 15 is 0 Å². The summed E-state index contributed by atoms with van der Waals surface area (Å²) in [4.78, 5) is 23.5. The lowest BCUT2D eigenvalue weighted by molar-refractivity contribution is -0.144. The summed E-state index contributed by atoms with van der Waals surface area (Å²) in [6.07, 6.45) is 17.2. The fourth-order valence-electron chi connectivity index (χ4n) is 3.69. The van der Waals surface area contributed by atoms with Gasteiger partial charge in [0.1, 0.15) is 17.4 Å². The van der Waals surface area contributed by atoms with E-state index in [4.69, 9.17) is 9.47 Å². The normalized spacial score (nSPS) is 10.9. The third kappa shape index (κ3) is 17.2. The molecule has 0 aliphatic carbocycles. The van der Waals surface area contributed by atoms with Gasteiger partial charge < -0.3 is 9.47 Å². The van der Waals surface area contributed by atoms with E-state index in [1.165, 1.54) is 44.9 Å². The first kappa shape index (κ1) is 29.1. The second-order valence-corrected chi connectivity index (χ2v) is 8.75. The molecule has 4 nitrogen and oxygen atoms in total. The smallest absolute Gasteiger partial charge is 0.311 e. The number of carbonyl (C=O) groups is 2. The van der Waals surface area contributed by atoms with Crippen LogP contribution in [0.15, 0.2) is 18.2 Å². The third-order valence-corrected chi connectivity index (χ3v) is 5.59. The van der Waals surface area contributed by atoms with Crippen molar-refractivity contribution in [2.75, 3.05) is 6.61 Å². The predicted octanol–water partition coefficient (Wildman–Crippen LogP) is 8.07. The van der Waals surface area contributed by atoms with Crippen LogP contribution in [0.2, 0.25) is 0 Å². The molecular weight excluding hydrogens is 426 g/mol. The number of hydrogen-bond acceptors (Lipinski definition) is 4. The van der Waals surface area contributed by atoms with Gasteiger partial charge in [-0.25, -0.2) is 8.78 Å². The number of benzene rings is 1. The van der Waals surface area contributed by atoms with E-state index in [9.17, 15) is 18.4 Å². The highest BCUT2D eigenvalue weighted by molar-refractivity contribution is 5.72. The van der Waals surface area contributed by atoms with E-state index in [0.29, 0.717) is 19.4 Å². The van der Waals surface area contributed by atoms with E-state index in [1.807, 2.05) is 0 Å². The molecule has 0 heterocycles. The minimum Gasteiger partial charge on any atom is -0.466 e. The number of halogens is 2. The molecule has 0 bridgehead atoms. The van der Waals surface area contributed by atoms with Crippen LogP contribution < -0.4 is 4.74 Å². The summed E-state index contributed by atoms with van der Waals surface area (Å²) < 4.78 is 36.4. The largest absolute Gasteiger partial charge is 0.466 e. The molecule has 1 aromatic carbocycles. The zero-order valence-corrected chi connectivity index (χ0v) is 20.3. The zero-order chi connectivity index (χ0) is 24.2. The van der Waals surface area contributed by atoms with Crippen molar-refractivity contribution >= 4 is 11.9 Å². The summed E-state index contributed by atoms with van der Waals surface area (Å²) in [7, 11) is 0. The SMILES string of the molecule is CCCCCCCCCCCOC(=O)CCCCCCCCC(=O)Oc1cc(F)cc(F)c1. The monoisotopic (exact) mass is 468 g/mol. The summed E-state index contributed by atoms with van der Waals surface area (Å²) >= 11 is 0. The van der Waals surface area contributed by atoms with Gasteiger partial charge in [-0.1, -0.05) is 84.0 Å². The molecule has 0 radical (unpaired) electrons. The van der Waals surface area contributed by atoms with Crippen molar-refractivity contribution in [3.8, 4) is 5.75 Å². The van der Waals surface area contributed by atoms with Crippen LogP contribution in [-0.2, 0) is 14.3 Å². The van der Waals surface area contributed by atoms with E-state index in [0.717, 1.165) is 63.1 Å². The Kier molecular flexibility index (Phi) is 17.2. The van der Waals surface area contributed by atoms with Gasteiger partial charge in [0.05, 0.1) is 6.61 Å². The summed E-state index contributed by atoms with van der Waals surface area (Å²) in [5.74, 6) is -2.25. The van der Waals surface area contributed by atoms with Crippen molar-refractivity contribution in [2.45, 2.75) is 116 Å². The van der Waals surface area contributed by atoms with Crippen molar-refractivity contribution in [1.82, 2.24) is 0 Å². The first-order chi connectivity index (χ1) is 16.0. The first-order valence-corrected chi connectivity index (χ1v) is 12.8. The van der Waals surface area contributed by atoms with Crippen LogP contribution in [0.4, 0.5) is 8.78 Å². The molecule has 1 rings (SSSR count). The molecule has 0 N–H and O–H groups in total. The molecule has 1 aromatic rings. The Balaban J connectivity index is 1.87. The Bertz CT molecular complexity index is 643. The number of esters is 2. The average Bonchev–Trinajstić information content (AvgIpc) is 2.76. The van der Waals surface area contributed by atoms with Crippen LogP contribution >= 0.6 is 0 Å². The van der Waals surface area contributed by atoms with Gasteiger partial charge in [-0.05, 0) is 19.3 Å². The number of rotatable bonds is 20. The van der Waals surface area contributed by atoms with Gasteiger partial charge in [-0.3, -0.25) is 9.59 Å². The Hall–Kier alpha value is -1.98. The molecule has 0 unspecified atom stereocenters. The Morgan fingerprint density at radius 2 is 1.09 bits per heavy atom. The van der Waals surface area contributed by atoms with Crippen LogP contribution in [0.3, 0.4) is 0 Å². The molecule has 0 spiro atoms. The molecule has 0 aliphatic rings. The summed E-state index contributed by atoms with van der Waals surface area (Å²) in [5.41, 5.74) is 0. The molecule has 0 fully saturated rings. The van der Waals surface area contributed by atoms with Crippen LogP contribution in [0.25, 0.3) is 0 Å². The van der Waals surface area contributed by atoms with Crippen molar-refractivity contribution in [2.24, 2.45) is 0 Å². The van der Waals surface area contributed by atoms with Crippen molar-refractivity contribution in [3.05, 3.63) is 29.8 Å². The Morgan fingerprint density at radius 3 is 1.64 bits per heavy atom. The van der Waals surface area contributed by atoms with Gasteiger partial charge in [0.25, 0.3) is 0 Å². The second-order valence-electron chi connectivity index (χ2n) is 8.75. The van der Waals surface area contributed by atoms with Crippen LogP contribution in [0.1, 0.15) is 116 Å². The van der Waals surface area contributed by atoms with Crippen molar-refractivity contribution < 1.29 is 27.8 Å². The molecule has 0 saturated heterocycles. The lowest BCUT2D eigenvalue weighted by Gasteiger charge is -2.06. The first-order valence-electron chi connectivity index (χ1n) is 12.8. The Morgan fingerprint density at radius 1 is 0.636 bits per heavy atom. The standard InChI is InChI=1S/C27H42F2O4/c1-2-3-4-5-6-7-10-13-16-19-32-26(30)17-14-11-8-9-12-15-18-27(31)33-25-21-23(28)20-24(29)22-25/h20-22H,2-19H2,1H3. The van der Waals surface area contributed by atoms with Crippen molar-refractivity contribution in [3.63, 3.8) is 0 Å². The fraction of sp³-hybridized carbons (Fsp3) is 0.704. The van der Waals surface area contributed by atoms with E-state index in [2.05, 4.69) is 6.92 Å². The molecule has 33 heavy (non-hydrogen) atoms. The van der Waals surface area contributed by atoms with Crippen molar-refractivity contribution in [1.29, 1.82) is 0 Å². The number of hydrogen-bond donors (Lipinski definition) is 0. The van der Waals surface area contributed by atoms with Gasteiger partial charge >= 0.3 is 11.9 Å². The molecule has 188 valence electrons. The Labute approximate surface area is 198 Å². The summed E-state index contributed by atoms with van der Waals surface area (Å²) in [5, 5.41) is 0. The predicted molar refractivity (Wildman–Crippen MR) is 127 cm³/mol. The topological polar surface area (TPSA) is 52.6 Å². The van der Waals surface area contributed by atoms with E-state index in [-0.39, 0.29) is 18.1 Å². The highest BCUT2D eigenvalue weighted by atomic mass is 19.1. The van der Waals surface area contributed by atoms with E-state index < -0.39 is 17.6 Å². The maximum Gasteiger partial charge on any atom is 0.311 e. The number of unbranched alkanes of at least 4 members (excludes halogenated alkanes) is 13. The highest BCUT2D eigenvalue weighted by Crippen LogP contribution is 2.17.